The molecule has 0 unspecified atom stereocenters. The molecule has 1 amide bonds. The Balaban J connectivity index is 1.94. The Morgan fingerprint density at radius 3 is 2.68 bits per heavy atom. The van der Waals surface area contributed by atoms with E-state index in [9.17, 15) is 13.2 Å². The van der Waals surface area contributed by atoms with Crippen LogP contribution in [0.25, 0.3) is 0 Å². The lowest BCUT2D eigenvalue weighted by Gasteiger charge is -2.28. The molecular formula is C18H19ClN2O3S. The second-order valence-corrected chi connectivity index (χ2v) is 8.00. The molecule has 0 bridgehead atoms. The van der Waals surface area contributed by atoms with Crippen LogP contribution in [0.2, 0.25) is 5.02 Å². The van der Waals surface area contributed by atoms with Gasteiger partial charge in [-0.1, -0.05) is 23.7 Å². The minimum Gasteiger partial charge on any atom is -0.312 e. The van der Waals surface area contributed by atoms with E-state index in [1.807, 2.05) is 6.92 Å². The van der Waals surface area contributed by atoms with E-state index in [1.165, 1.54) is 6.07 Å². The lowest BCUT2D eigenvalue weighted by Crippen LogP contribution is -2.34. The molecule has 1 aliphatic heterocycles. The molecule has 0 aromatic heterocycles. The molecule has 0 aliphatic carbocycles. The number of hydrogen-bond acceptors (Lipinski definition) is 3. The van der Waals surface area contributed by atoms with Gasteiger partial charge in [0.05, 0.1) is 5.02 Å². The number of sulfonamides is 1. The summed E-state index contributed by atoms with van der Waals surface area (Å²) in [6.45, 7) is 4.27. The van der Waals surface area contributed by atoms with Gasteiger partial charge in [-0.05, 0) is 55.7 Å². The minimum atomic E-state index is -3.79. The van der Waals surface area contributed by atoms with E-state index >= 15 is 0 Å². The molecule has 0 atom stereocenters. The van der Waals surface area contributed by atoms with Crippen molar-refractivity contribution in [2.45, 2.75) is 31.6 Å². The first-order chi connectivity index (χ1) is 11.8. The van der Waals surface area contributed by atoms with Crippen LogP contribution in [0.1, 0.15) is 24.5 Å². The molecule has 0 saturated carbocycles. The maximum atomic E-state index is 12.7. The summed E-state index contributed by atoms with van der Waals surface area (Å²) in [6, 6.07) is 10.1. The fraction of sp³-hybridized carbons (Fsp3) is 0.278. The van der Waals surface area contributed by atoms with Crippen molar-refractivity contribution in [3.8, 4) is 0 Å². The highest BCUT2D eigenvalue weighted by Gasteiger charge is 2.24. The van der Waals surface area contributed by atoms with Crippen LogP contribution in [0.4, 0.5) is 11.4 Å². The van der Waals surface area contributed by atoms with Crippen molar-refractivity contribution in [1.29, 1.82) is 0 Å². The first kappa shape index (κ1) is 17.8. The molecular weight excluding hydrogens is 360 g/mol. The van der Waals surface area contributed by atoms with E-state index < -0.39 is 10.0 Å². The highest BCUT2D eigenvalue weighted by atomic mass is 35.5. The predicted octanol–water partition coefficient (Wildman–Crippen LogP) is 3.75. The molecule has 25 heavy (non-hydrogen) atoms. The van der Waals surface area contributed by atoms with Crippen LogP contribution in [0, 0.1) is 6.92 Å². The Morgan fingerprint density at radius 2 is 1.96 bits per heavy atom. The van der Waals surface area contributed by atoms with Crippen molar-refractivity contribution < 1.29 is 13.2 Å². The number of rotatable bonds is 4. The summed E-state index contributed by atoms with van der Waals surface area (Å²) in [4.78, 5) is 13.7. The number of nitrogens with zero attached hydrogens (tertiary/aromatic N) is 1. The standard InChI is InChI=1S/C18H19ClN2O3S/c1-3-21-15-9-8-14(11-13(15)7-10-17(21)22)20-25(23,24)16-6-4-5-12(2)18(16)19/h4-6,8-9,11,20H,3,7,10H2,1-2H3. The fourth-order valence-corrected chi connectivity index (χ4v) is 4.64. The number of halogens is 1. The molecule has 2 aromatic carbocycles. The van der Waals surface area contributed by atoms with Gasteiger partial charge in [0.1, 0.15) is 4.90 Å². The number of anilines is 2. The fourth-order valence-electron chi connectivity index (χ4n) is 3.01. The Labute approximate surface area is 152 Å². The van der Waals surface area contributed by atoms with E-state index in [2.05, 4.69) is 4.72 Å². The normalized spacial score (nSPS) is 14.4. The van der Waals surface area contributed by atoms with Crippen LogP contribution in [0.3, 0.4) is 0 Å². The van der Waals surface area contributed by atoms with Crippen molar-refractivity contribution >= 4 is 38.9 Å². The first-order valence-corrected chi connectivity index (χ1v) is 9.91. The maximum absolute atomic E-state index is 12.7. The van der Waals surface area contributed by atoms with Crippen molar-refractivity contribution in [1.82, 2.24) is 0 Å². The lowest BCUT2D eigenvalue weighted by atomic mass is 10.0. The molecule has 7 heteroatoms. The SMILES string of the molecule is CCN1C(=O)CCc2cc(NS(=O)(=O)c3cccc(C)c3Cl)ccc21. The summed E-state index contributed by atoms with van der Waals surface area (Å²) in [5.74, 6) is 0.0925. The smallest absolute Gasteiger partial charge is 0.263 e. The summed E-state index contributed by atoms with van der Waals surface area (Å²) in [5.41, 5.74) is 2.96. The van der Waals surface area contributed by atoms with Crippen LogP contribution in [0.15, 0.2) is 41.3 Å². The average Bonchev–Trinajstić information content (AvgIpc) is 2.57. The van der Waals surface area contributed by atoms with E-state index in [-0.39, 0.29) is 15.8 Å². The van der Waals surface area contributed by atoms with Crippen LogP contribution >= 0.6 is 11.6 Å². The third kappa shape index (κ3) is 3.37. The van der Waals surface area contributed by atoms with Gasteiger partial charge < -0.3 is 4.90 Å². The summed E-state index contributed by atoms with van der Waals surface area (Å²) in [7, 11) is -3.79. The molecule has 0 saturated heterocycles. The van der Waals surface area contributed by atoms with Gasteiger partial charge >= 0.3 is 0 Å². The molecule has 0 spiro atoms. The van der Waals surface area contributed by atoms with Crippen molar-refractivity contribution in [3.63, 3.8) is 0 Å². The summed E-state index contributed by atoms with van der Waals surface area (Å²) in [6.07, 6.45) is 1.03. The molecule has 132 valence electrons. The molecule has 0 fully saturated rings. The number of carbonyl (C=O) groups is 1. The Kier molecular flexibility index (Phi) is 4.75. The van der Waals surface area contributed by atoms with E-state index in [0.29, 0.717) is 30.6 Å². The van der Waals surface area contributed by atoms with Gasteiger partial charge in [0.2, 0.25) is 5.91 Å². The van der Waals surface area contributed by atoms with Gasteiger partial charge in [-0.25, -0.2) is 8.42 Å². The highest BCUT2D eigenvalue weighted by Crippen LogP contribution is 2.32. The molecule has 1 heterocycles. The molecule has 1 aliphatic rings. The number of hydrogen-bond donors (Lipinski definition) is 1. The summed E-state index contributed by atoms with van der Waals surface area (Å²) in [5, 5.41) is 0.218. The quantitative estimate of drug-likeness (QED) is 0.881. The van der Waals surface area contributed by atoms with E-state index in [4.69, 9.17) is 11.6 Å². The van der Waals surface area contributed by atoms with Crippen LogP contribution < -0.4 is 9.62 Å². The van der Waals surface area contributed by atoms with Crippen LogP contribution in [-0.4, -0.2) is 20.9 Å². The third-order valence-electron chi connectivity index (χ3n) is 4.29. The van der Waals surface area contributed by atoms with Gasteiger partial charge in [0.15, 0.2) is 0 Å². The second-order valence-electron chi connectivity index (χ2n) is 5.97. The Morgan fingerprint density at radius 1 is 1.20 bits per heavy atom. The van der Waals surface area contributed by atoms with Gasteiger partial charge in [-0.15, -0.1) is 0 Å². The zero-order chi connectivity index (χ0) is 18.2. The van der Waals surface area contributed by atoms with E-state index in [1.54, 1.807) is 42.2 Å². The van der Waals surface area contributed by atoms with Crippen molar-refractivity contribution in [3.05, 3.63) is 52.5 Å². The maximum Gasteiger partial charge on any atom is 0.263 e. The number of amides is 1. The highest BCUT2D eigenvalue weighted by molar-refractivity contribution is 7.92. The largest absolute Gasteiger partial charge is 0.312 e. The first-order valence-electron chi connectivity index (χ1n) is 8.04. The van der Waals surface area contributed by atoms with Crippen molar-refractivity contribution in [2.24, 2.45) is 0 Å². The Bertz CT molecular complexity index is 941. The molecule has 0 radical (unpaired) electrons. The van der Waals surface area contributed by atoms with Gasteiger partial charge in [-0.2, -0.15) is 0 Å². The summed E-state index contributed by atoms with van der Waals surface area (Å²) < 4.78 is 27.9. The number of fused-ring (bicyclic) bond motifs is 1. The van der Waals surface area contributed by atoms with Gasteiger partial charge in [0, 0.05) is 24.3 Å². The van der Waals surface area contributed by atoms with E-state index in [0.717, 1.165) is 11.3 Å². The summed E-state index contributed by atoms with van der Waals surface area (Å²) >= 11 is 6.15. The third-order valence-corrected chi connectivity index (χ3v) is 6.33. The molecule has 3 rings (SSSR count). The number of nitrogens with one attached hydrogen (secondary N) is 1. The molecule has 1 N–H and O–H groups in total. The predicted molar refractivity (Wildman–Crippen MR) is 99.8 cm³/mol. The van der Waals surface area contributed by atoms with Gasteiger partial charge in [0.25, 0.3) is 10.0 Å². The lowest BCUT2D eigenvalue weighted by molar-refractivity contribution is -0.118. The Hall–Kier alpha value is -2.05. The minimum absolute atomic E-state index is 0.0530. The van der Waals surface area contributed by atoms with Gasteiger partial charge in [-0.3, -0.25) is 9.52 Å². The zero-order valence-corrected chi connectivity index (χ0v) is 15.6. The molecule has 5 nitrogen and oxygen atoms in total. The number of benzene rings is 2. The topological polar surface area (TPSA) is 66.5 Å². The number of carbonyl (C=O) groups excluding carboxylic acids is 1. The average molecular weight is 379 g/mol. The monoisotopic (exact) mass is 378 g/mol. The number of aryl methyl sites for hydroxylation is 2. The zero-order valence-electron chi connectivity index (χ0n) is 14.0. The van der Waals surface area contributed by atoms with Crippen LogP contribution in [-0.2, 0) is 21.2 Å². The van der Waals surface area contributed by atoms with Crippen LogP contribution in [0.5, 0.6) is 0 Å². The van der Waals surface area contributed by atoms with Crippen molar-refractivity contribution in [2.75, 3.05) is 16.2 Å². The second kappa shape index (κ2) is 6.69. The molecule has 2 aromatic rings.